The van der Waals surface area contributed by atoms with Gasteiger partial charge >= 0.3 is 5.97 Å². The maximum Gasteiger partial charge on any atom is 0.340 e. The molecule has 0 aliphatic heterocycles. The second kappa shape index (κ2) is 7.79. The van der Waals surface area contributed by atoms with E-state index in [4.69, 9.17) is 4.74 Å². The number of hydrogen-bond donors (Lipinski definition) is 1. The van der Waals surface area contributed by atoms with Crippen LogP contribution in [0.4, 0.5) is 11.4 Å². The Morgan fingerprint density at radius 2 is 1.83 bits per heavy atom. The molecule has 0 amide bonds. The Bertz CT molecular complexity index is 1260. The molecule has 10 heteroatoms. The van der Waals surface area contributed by atoms with Crippen molar-refractivity contribution in [3.63, 3.8) is 0 Å². The van der Waals surface area contributed by atoms with Crippen molar-refractivity contribution in [3.05, 3.63) is 63.3 Å². The predicted molar refractivity (Wildman–Crippen MR) is 114 cm³/mol. The van der Waals surface area contributed by atoms with Gasteiger partial charge in [0, 0.05) is 28.9 Å². The first-order valence-corrected chi connectivity index (χ1v) is 11.0. The van der Waals surface area contributed by atoms with Crippen LogP contribution in [0.25, 0.3) is 16.6 Å². The molecule has 0 fully saturated rings. The lowest BCUT2D eigenvalue weighted by atomic mass is 10.1. The van der Waals surface area contributed by atoms with Crippen LogP contribution in [0.3, 0.4) is 0 Å². The third kappa shape index (κ3) is 3.99. The predicted octanol–water partition coefficient (Wildman–Crippen LogP) is 3.70. The molecule has 0 spiro atoms. The number of aryl methyl sites for hydroxylation is 1. The zero-order valence-electron chi connectivity index (χ0n) is 16.9. The zero-order chi connectivity index (χ0) is 22.2. The van der Waals surface area contributed by atoms with E-state index in [1.54, 1.807) is 49.6 Å². The van der Waals surface area contributed by atoms with E-state index >= 15 is 0 Å². The van der Waals surface area contributed by atoms with E-state index < -0.39 is 20.9 Å². The molecule has 2 aromatic carbocycles. The van der Waals surface area contributed by atoms with Gasteiger partial charge in [-0.25, -0.2) is 13.2 Å². The number of nitrogens with one attached hydrogen (secondary N) is 1. The van der Waals surface area contributed by atoms with Gasteiger partial charge in [0.1, 0.15) is 0 Å². The van der Waals surface area contributed by atoms with Crippen LogP contribution in [-0.4, -0.2) is 36.7 Å². The molecule has 0 unspecified atom stereocenters. The summed E-state index contributed by atoms with van der Waals surface area (Å²) in [5.74, 6) is -0.533. The second-order valence-corrected chi connectivity index (χ2v) is 8.60. The molecule has 9 nitrogen and oxygen atoms in total. The maximum absolute atomic E-state index is 12.7. The number of anilines is 1. The van der Waals surface area contributed by atoms with Crippen LogP contribution in [0, 0.1) is 24.0 Å². The quantitative estimate of drug-likeness (QED) is 0.361. The van der Waals surface area contributed by atoms with Gasteiger partial charge in [-0.05, 0) is 50.6 Å². The van der Waals surface area contributed by atoms with Gasteiger partial charge in [-0.3, -0.25) is 14.8 Å². The van der Waals surface area contributed by atoms with Crippen LogP contribution < -0.4 is 4.72 Å². The summed E-state index contributed by atoms with van der Waals surface area (Å²) in [6.45, 7) is 5.37. The van der Waals surface area contributed by atoms with Crippen LogP contribution >= 0.6 is 0 Å². The van der Waals surface area contributed by atoms with Crippen LogP contribution in [0.15, 0.2) is 36.4 Å². The Labute approximate surface area is 173 Å². The number of sulfonamides is 1. The first kappa shape index (κ1) is 21.3. The zero-order valence-corrected chi connectivity index (χ0v) is 17.7. The molecule has 30 heavy (non-hydrogen) atoms. The van der Waals surface area contributed by atoms with Crippen molar-refractivity contribution in [2.24, 2.45) is 0 Å². The molecule has 0 atom stereocenters. The second-order valence-electron chi connectivity index (χ2n) is 6.85. The summed E-state index contributed by atoms with van der Waals surface area (Å²) in [7, 11) is -3.52. The maximum atomic E-state index is 12.7. The number of carbonyl (C=O) groups is 1. The molecule has 1 N–H and O–H groups in total. The Morgan fingerprint density at radius 1 is 1.20 bits per heavy atom. The first-order valence-electron chi connectivity index (χ1n) is 9.09. The lowest BCUT2D eigenvalue weighted by Gasteiger charge is -2.11. The van der Waals surface area contributed by atoms with Crippen LogP contribution in [0.1, 0.15) is 28.5 Å². The van der Waals surface area contributed by atoms with Gasteiger partial charge in [0.25, 0.3) is 5.69 Å². The van der Waals surface area contributed by atoms with Gasteiger partial charge in [-0.1, -0.05) is 0 Å². The minimum atomic E-state index is -3.52. The van der Waals surface area contributed by atoms with E-state index in [2.05, 4.69) is 4.72 Å². The van der Waals surface area contributed by atoms with Gasteiger partial charge in [0.2, 0.25) is 10.0 Å². The number of benzene rings is 2. The van der Waals surface area contributed by atoms with Crippen molar-refractivity contribution in [2.75, 3.05) is 17.6 Å². The van der Waals surface area contributed by atoms with E-state index in [9.17, 15) is 23.3 Å². The highest BCUT2D eigenvalue weighted by Gasteiger charge is 2.23. The Hall–Kier alpha value is -3.40. The monoisotopic (exact) mass is 431 g/mol. The fourth-order valence-corrected chi connectivity index (χ4v) is 4.01. The standard InChI is InChI=1S/C20H21N3O6S/c1-5-29-20(24)19-13(3)22(14-6-8-15(9-7-14)23(25)26)18-10-12(2)17(11-16(18)19)21-30(4,27)28/h6-11,21H,5H2,1-4H3. The minimum Gasteiger partial charge on any atom is -0.462 e. The van der Waals surface area contributed by atoms with Crippen LogP contribution in [0.2, 0.25) is 0 Å². The van der Waals surface area contributed by atoms with Crippen molar-refractivity contribution in [2.45, 2.75) is 20.8 Å². The Morgan fingerprint density at radius 3 is 2.37 bits per heavy atom. The molecular weight excluding hydrogens is 410 g/mol. The molecule has 158 valence electrons. The molecule has 0 saturated carbocycles. The van der Waals surface area contributed by atoms with Gasteiger partial charge in [0.15, 0.2) is 0 Å². The number of carbonyl (C=O) groups excluding carboxylic acids is 1. The number of nitro groups is 1. The molecule has 0 radical (unpaired) electrons. The van der Waals surface area contributed by atoms with Crippen LogP contribution in [-0.2, 0) is 14.8 Å². The smallest absolute Gasteiger partial charge is 0.340 e. The Balaban J connectivity index is 2.32. The number of esters is 1. The lowest BCUT2D eigenvalue weighted by Crippen LogP contribution is -2.11. The SMILES string of the molecule is CCOC(=O)c1c(C)n(-c2ccc([N+](=O)[O-])cc2)c2cc(C)c(NS(C)(=O)=O)cc12. The van der Waals surface area contributed by atoms with E-state index in [1.807, 2.05) is 0 Å². The summed E-state index contributed by atoms with van der Waals surface area (Å²) in [6, 6.07) is 9.33. The normalized spacial score (nSPS) is 11.5. The fraction of sp³-hybridized carbons (Fsp3) is 0.250. The average molecular weight is 431 g/mol. The molecule has 0 aliphatic carbocycles. The first-order chi connectivity index (χ1) is 14.0. The van der Waals surface area contributed by atoms with Crippen molar-refractivity contribution in [1.82, 2.24) is 4.57 Å². The summed E-state index contributed by atoms with van der Waals surface area (Å²) in [6.07, 6.45) is 1.05. The van der Waals surface area contributed by atoms with Crippen molar-refractivity contribution >= 4 is 38.3 Å². The number of fused-ring (bicyclic) bond motifs is 1. The minimum absolute atomic E-state index is 0.0469. The molecule has 3 aromatic rings. The summed E-state index contributed by atoms with van der Waals surface area (Å²) >= 11 is 0. The van der Waals surface area contributed by atoms with Crippen molar-refractivity contribution in [1.29, 1.82) is 0 Å². The highest BCUT2D eigenvalue weighted by Crippen LogP contribution is 2.34. The summed E-state index contributed by atoms with van der Waals surface area (Å²) in [4.78, 5) is 23.2. The number of non-ortho nitro benzene ring substituents is 1. The van der Waals surface area contributed by atoms with Gasteiger partial charge in [-0.2, -0.15) is 0 Å². The number of nitro benzene ring substituents is 1. The molecule has 3 rings (SSSR count). The van der Waals surface area contributed by atoms with Crippen molar-refractivity contribution in [3.8, 4) is 5.69 Å². The van der Waals surface area contributed by atoms with E-state index in [0.29, 0.717) is 39.1 Å². The number of hydrogen-bond acceptors (Lipinski definition) is 6. The highest BCUT2D eigenvalue weighted by molar-refractivity contribution is 7.92. The van der Waals surface area contributed by atoms with Gasteiger partial charge in [-0.15, -0.1) is 0 Å². The topological polar surface area (TPSA) is 121 Å². The van der Waals surface area contributed by atoms with Gasteiger partial charge in [0.05, 0.1) is 34.6 Å². The Kier molecular flexibility index (Phi) is 5.53. The van der Waals surface area contributed by atoms with E-state index in [0.717, 1.165) is 6.26 Å². The van der Waals surface area contributed by atoms with E-state index in [1.165, 1.54) is 12.1 Å². The van der Waals surface area contributed by atoms with Gasteiger partial charge < -0.3 is 9.30 Å². The molecule has 0 bridgehead atoms. The fourth-order valence-electron chi connectivity index (χ4n) is 3.39. The van der Waals surface area contributed by atoms with E-state index in [-0.39, 0.29) is 12.3 Å². The summed E-state index contributed by atoms with van der Waals surface area (Å²) in [5.41, 5.74) is 3.13. The number of rotatable bonds is 6. The summed E-state index contributed by atoms with van der Waals surface area (Å²) < 4.78 is 32.9. The number of ether oxygens (including phenoxy) is 1. The molecule has 0 aliphatic rings. The average Bonchev–Trinajstić information content (AvgIpc) is 2.92. The molecule has 1 heterocycles. The largest absolute Gasteiger partial charge is 0.462 e. The molecule has 0 saturated heterocycles. The molecular formula is C20H21N3O6S. The highest BCUT2D eigenvalue weighted by atomic mass is 32.2. The lowest BCUT2D eigenvalue weighted by molar-refractivity contribution is -0.384. The van der Waals surface area contributed by atoms with Crippen LogP contribution in [0.5, 0.6) is 0 Å². The third-order valence-corrected chi connectivity index (χ3v) is 5.23. The number of nitrogens with zero attached hydrogens (tertiary/aromatic N) is 2. The summed E-state index contributed by atoms with van der Waals surface area (Å²) in [5, 5.41) is 11.5. The molecule has 1 aromatic heterocycles. The number of aromatic nitrogens is 1. The van der Waals surface area contributed by atoms with Crippen molar-refractivity contribution < 1.29 is 22.9 Å². The third-order valence-electron chi connectivity index (χ3n) is 4.64.